The Morgan fingerprint density at radius 2 is 1.71 bits per heavy atom. The van der Waals surface area contributed by atoms with Crippen LogP contribution in [-0.2, 0) is 27.1 Å². The maximum absolute atomic E-state index is 13.7. The summed E-state index contributed by atoms with van der Waals surface area (Å²) in [7, 11) is 0. The van der Waals surface area contributed by atoms with Crippen LogP contribution in [-0.4, -0.2) is 41.1 Å². The van der Waals surface area contributed by atoms with Gasteiger partial charge in [-0.1, -0.05) is 54.1 Å². The lowest BCUT2D eigenvalue weighted by atomic mass is 9.92. The maximum atomic E-state index is 13.7. The van der Waals surface area contributed by atoms with Gasteiger partial charge in [-0.25, -0.2) is 0 Å². The van der Waals surface area contributed by atoms with Gasteiger partial charge in [0.2, 0.25) is 0 Å². The van der Waals surface area contributed by atoms with Gasteiger partial charge in [-0.3, -0.25) is 20.3 Å². The minimum atomic E-state index is -4.55. The number of ketones is 1. The number of likely N-dealkylation sites (tertiary alicyclic amines) is 1. The van der Waals surface area contributed by atoms with Crippen molar-refractivity contribution in [2.75, 3.05) is 13.2 Å². The first-order chi connectivity index (χ1) is 19.7. The predicted octanol–water partition coefficient (Wildman–Crippen LogP) is 5.61. The second-order valence-electron chi connectivity index (χ2n) is 10.1. The van der Waals surface area contributed by atoms with Crippen LogP contribution in [0.5, 0.6) is 5.75 Å². The normalized spacial score (nSPS) is 19.4. The number of hydroxylamine groups is 1. The zero-order chi connectivity index (χ0) is 29.1. The summed E-state index contributed by atoms with van der Waals surface area (Å²) in [6, 6.07) is 17.6. The van der Waals surface area contributed by atoms with E-state index in [9.17, 15) is 28.0 Å². The van der Waals surface area contributed by atoms with Crippen molar-refractivity contribution in [3.05, 3.63) is 106 Å². The number of nitrogens with one attached hydrogen (secondary N) is 1. The molecular formula is C31H29F3N2O5. The summed E-state index contributed by atoms with van der Waals surface area (Å²) < 4.78 is 51.6. The number of ether oxygens (including phenoxy) is 2. The fourth-order valence-corrected chi connectivity index (χ4v) is 5.35. The minimum Gasteiger partial charge on any atom is -0.488 e. The van der Waals surface area contributed by atoms with Gasteiger partial charge in [0.15, 0.2) is 0 Å². The van der Waals surface area contributed by atoms with Crippen LogP contribution in [0.15, 0.2) is 78.4 Å². The van der Waals surface area contributed by atoms with Crippen LogP contribution in [0.4, 0.5) is 13.2 Å². The highest BCUT2D eigenvalue weighted by Crippen LogP contribution is 2.44. The van der Waals surface area contributed by atoms with E-state index in [2.05, 4.69) is 5.48 Å². The minimum absolute atomic E-state index is 0.0467. The van der Waals surface area contributed by atoms with Crippen LogP contribution < -0.4 is 10.2 Å². The number of benzene rings is 3. The van der Waals surface area contributed by atoms with Crippen molar-refractivity contribution in [2.45, 2.75) is 44.6 Å². The molecule has 1 amide bonds. The molecule has 3 aromatic carbocycles. The van der Waals surface area contributed by atoms with Crippen LogP contribution in [0.1, 0.15) is 46.7 Å². The zero-order valence-electron chi connectivity index (χ0n) is 22.3. The molecule has 2 N–H and O–H groups in total. The van der Waals surface area contributed by atoms with E-state index >= 15 is 0 Å². The van der Waals surface area contributed by atoms with E-state index < -0.39 is 29.5 Å². The summed E-state index contributed by atoms with van der Waals surface area (Å²) in [5.41, 5.74) is 3.50. The molecule has 2 saturated heterocycles. The molecule has 2 aliphatic rings. The van der Waals surface area contributed by atoms with E-state index in [0.717, 1.165) is 23.3 Å². The number of hydrogen-bond acceptors (Lipinski definition) is 6. The van der Waals surface area contributed by atoms with E-state index in [0.29, 0.717) is 42.9 Å². The number of halogens is 3. The van der Waals surface area contributed by atoms with Crippen LogP contribution in [0.25, 0.3) is 5.70 Å². The number of carbonyl (C=O) groups is 2. The molecule has 0 radical (unpaired) electrons. The van der Waals surface area contributed by atoms with Gasteiger partial charge in [0, 0.05) is 24.8 Å². The monoisotopic (exact) mass is 566 g/mol. The summed E-state index contributed by atoms with van der Waals surface area (Å²) in [6.07, 6.45) is -3.63. The molecule has 2 fully saturated rings. The summed E-state index contributed by atoms with van der Waals surface area (Å²) in [4.78, 5) is 28.6. The average Bonchev–Trinajstić information content (AvgIpc) is 3.23. The molecule has 0 saturated carbocycles. The number of rotatable bonds is 7. The lowest BCUT2D eigenvalue weighted by molar-refractivity contribution is -0.142. The molecule has 7 nitrogen and oxygen atoms in total. The zero-order valence-corrected chi connectivity index (χ0v) is 22.3. The van der Waals surface area contributed by atoms with Gasteiger partial charge >= 0.3 is 6.18 Å². The Labute approximate surface area is 235 Å². The second kappa shape index (κ2) is 11.8. The second-order valence-corrected chi connectivity index (χ2v) is 10.1. The maximum Gasteiger partial charge on any atom is 0.416 e. The van der Waals surface area contributed by atoms with Crippen molar-refractivity contribution in [3.63, 3.8) is 0 Å². The number of nitrogens with zero attached hydrogens (tertiary/aromatic N) is 1. The largest absolute Gasteiger partial charge is 0.488 e. The quantitative estimate of drug-likeness (QED) is 0.220. The van der Waals surface area contributed by atoms with Crippen LogP contribution in [0.3, 0.4) is 0 Å². The van der Waals surface area contributed by atoms with Gasteiger partial charge < -0.3 is 14.4 Å². The molecule has 0 bridgehead atoms. The summed E-state index contributed by atoms with van der Waals surface area (Å²) in [5.74, 6) is -1.29. The third-order valence-corrected chi connectivity index (χ3v) is 7.39. The fourth-order valence-electron chi connectivity index (χ4n) is 5.35. The molecule has 0 aromatic heterocycles. The van der Waals surface area contributed by atoms with E-state index in [-0.39, 0.29) is 23.9 Å². The summed E-state index contributed by atoms with van der Waals surface area (Å²) in [5, 5.41) is 10.4. The Hall–Kier alpha value is -4.15. The third-order valence-electron chi connectivity index (χ3n) is 7.39. The van der Waals surface area contributed by atoms with Crippen molar-refractivity contribution in [1.29, 1.82) is 0 Å². The molecule has 41 heavy (non-hydrogen) atoms. The smallest absolute Gasteiger partial charge is 0.416 e. The first kappa shape index (κ1) is 28.4. The Balaban J connectivity index is 1.65. The number of carbonyl (C=O) groups excluding carboxylic acids is 2. The molecular weight excluding hydrogens is 537 g/mol. The highest BCUT2D eigenvalue weighted by atomic mass is 19.4. The van der Waals surface area contributed by atoms with Crippen molar-refractivity contribution in [2.24, 2.45) is 0 Å². The fraction of sp³-hybridized carbons (Fsp3) is 0.290. The van der Waals surface area contributed by atoms with Crippen LogP contribution in [0.2, 0.25) is 0 Å². The molecule has 3 aromatic rings. The lowest BCUT2D eigenvalue weighted by Crippen LogP contribution is -2.42. The van der Waals surface area contributed by atoms with Crippen molar-refractivity contribution in [1.82, 2.24) is 10.4 Å². The SMILES string of the molecule is Cc1ccc(OCc2ccccc2)c(/C(NO)=C2\C(=O)C(=O)N(C3CCOCC3)C2c2ccc(C(F)(F)F)cc2)c1. The average molecular weight is 567 g/mol. The van der Waals surface area contributed by atoms with Gasteiger partial charge in [-0.15, -0.1) is 0 Å². The van der Waals surface area contributed by atoms with Gasteiger partial charge in [0.05, 0.1) is 22.9 Å². The van der Waals surface area contributed by atoms with Crippen molar-refractivity contribution < 1.29 is 37.4 Å². The molecule has 0 aliphatic carbocycles. The first-order valence-electron chi connectivity index (χ1n) is 13.2. The van der Waals surface area contributed by atoms with E-state index in [1.54, 1.807) is 12.1 Å². The van der Waals surface area contributed by atoms with E-state index in [4.69, 9.17) is 9.47 Å². The molecule has 10 heteroatoms. The van der Waals surface area contributed by atoms with Crippen molar-refractivity contribution >= 4 is 17.4 Å². The van der Waals surface area contributed by atoms with E-state index in [1.807, 2.05) is 43.3 Å². The van der Waals surface area contributed by atoms with Gasteiger partial charge in [0.1, 0.15) is 12.4 Å². The number of hydrogen-bond donors (Lipinski definition) is 2. The molecule has 1 unspecified atom stereocenters. The molecule has 214 valence electrons. The number of amides is 1. The standard InChI is InChI=1S/C31H29F3N2O5/c1-19-7-12-25(41-18-20-5-3-2-4-6-20)24(17-19)27(35-39)26-28(21-8-10-22(11-9-21)31(32,33)34)36(30(38)29(26)37)23-13-15-40-16-14-23/h2-12,17,23,28,35,39H,13-16,18H2,1H3/b27-26+. The Kier molecular flexibility index (Phi) is 8.14. The van der Waals surface area contributed by atoms with Crippen LogP contribution in [0, 0.1) is 6.92 Å². The molecule has 2 aliphatic heterocycles. The number of alkyl halides is 3. The Bertz CT molecular complexity index is 1450. The number of aryl methyl sites for hydroxylation is 1. The predicted molar refractivity (Wildman–Crippen MR) is 144 cm³/mol. The topological polar surface area (TPSA) is 88.1 Å². The number of Topliss-reactive ketones (excluding diaryl/α,β-unsaturated/α-hetero) is 1. The van der Waals surface area contributed by atoms with E-state index in [1.165, 1.54) is 17.0 Å². The van der Waals surface area contributed by atoms with Gasteiger partial charge in [0.25, 0.3) is 11.7 Å². The van der Waals surface area contributed by atoms with Crippen LogP contribution >= 0.6 is 0 Å². The molecule has 0 spiro atoms. The summed E-state index contributed by atoms with van der Waals surface area (Å²) in [6.45, 7) is 2.78. The van der Waals surface area contributed by atoms with Gasteiger partial charge in [-0.2, -0.15) is 13.2 Å². The Morgan fingerprint density at radius 3 is 2.34 bits per heavy atom. The summed E-state index contributed by atoms with van der Waals surface area (Å²) >= 11 is 0. The highest BCUT2D eigenvalue weighted by Gasteiger charge is 2.49. The third kappa shape index (κ3) is 5.84. The lowest BCUT2D eigenvalue weighted by Gasteiger charge is -2.35. The van der Waals surface area contributed by atoms with Crippen molar-refractivity contribution in [3.8, 4) is 5.75 Å². The van der Waals surface area contributed by atoms with Gasteiger partial charge in [-0.05, 0) is 55.2 Å². The molecule has 2 heterocycles. The molecule has 1 atom stereocenters. The first-order valence-corrected chi connectivity index (χ1v) is 13.2. The highest BCUT2D eigenvalue weighted by molar-refractivity contribution is 6.47. The molecule has 5 rings (SSSR count). The Morgan fingerprint density at radius 1 is 1.02 bits per heavy atom.